The van der Waals surface area contributed by atoms with Crippen molar-refractivity contribution in [2.75, 3.05) is 0 Å². The van der Waals surface area contributed by atoms with E-state index in [2.05, 4.69) is 30.4 Å². The third kappa shape index (κ3) is 3.78. The van der Waals surface area contributed by atoms with Gasteiger partial charge in [-0.1, -0.05) is 51.1 Å². The Balaban J connectivity index is 1.28. The molecule has 1 amide bonds. The first-order valence-corrected chi connectivity index (χ1v) is 10.3. The quantitative estimate of drug-likeness (QED) is 0.838. The molecule has 1 aromatic rings. The first kappa shape index (κ1) is 17.1. The van der Waals surface area contributed by atoms with E-state index in [9.17, 15) is 4.79 Å². The molecule has 0 spiro atoms. The predicted octanol–water partition coefficient (Wildman–Crippen LogP) is 4.28. The number of rotatable bonds is 6. The predicted molar refractivity (Wildman–Crippen MR) is 97.0 cm³/mol. The molecular formula is C21H32N2O2. The van der Waals surface area contributed by atoms with Gasteiger partial charge in [0.2, 0.25) is 5.91 Å². The Morgan fingerprint density at radius 1 is 1.20 bits per heavy atom. The van der Waals surface area contributed by atoms with E-state index < -0.39 is 0 Å². The van der Waals surface area contributed by atoms with Crippen LogP contribution in [0.4, 0.5) is 0 Å². The van der Waals surface area contributed by atoms with E-state index in [-0.39, 0.29) is 11.3 Å². The topological polar surface area (TPSA) is 55.1 Å². The number of carbonyl (C=O) groups excluding carboxylic acids is 1. The Kier molecular flexibility index (Phi) is 4.63. The first-order valence-electron chi connectivity index (χ1n) is 10.3. The molecule has 3 aliphatic carbocycles. The maximum absolute atomic E-state index is 12.0. The zero-order valence-corrected chi connectivity index (χ0v) is 15.7. The largest absolute Gasteiger partial charge is 0.361 e. The highest BCUT2D eigenvalue weighted by Crippen LogP contribution is 2.48. The lowest BCUT2D eigenvalue weighted by molar-refractivity contribution is -0.126. The Hall–Kier alpha value is -1.32. The van der Waals surface area contributed by atoms with Crippen LogP contribution in [0.15, 0.2) is 10.6 Å². The van der Waals surface area contributed by atoms with E-state index in [0.717, 1.165) is 49.5 Å². The van der Waals surface area contributed by atoms with Gasteiger partial charge in [0.15, 0.2) is 0 Å². The molecule has 0 unspecified atom stereocenters. The van der Waals surface area contributed by atoms with Gasteiger partial charge in [0.05, 0.1) is 5.69 Å². The summed E-state index contributed by atoms with van der Waals surface area (Å²) in [7, 11) is 0. The molecule has 0 aromatic carbocycles. The van der Waals surface area contributed by atoms with Crippen LogP contribution in [0.25, 0.3) is 0 Å². The average Bonchev–Trinajstić information content (AvgIpc) is 3.36. The van der Waals surface area contributed by atoms with Gasteiger partial charge in [0.25, 0.3) is 0 Å². The zero-order chi connectivity index (χ0) is 17.4. The lowest BCUT2D eigenvalue weighted by Gasteiger charge is -2.52. The van der Waals surface area contributed by atoms with Gasteiger partial charge >= 0.3 is 0 Å². The summed E-state index contributed by atoms with van der Waals surface area (Å²) in [5.41, 5.74) is 1.24. The van der Waals surface area contributed by atoms with Crippen LogP contribution in [0.2, 0.25) is 0 Å². The van der Waals surface area contributed by atoms with Crippen LogP contribution in [0.1, 0.15) is 76.7 Å². The smallest absolute Gasteiger partial charge is 0.223 e. The first-order chi connectivity index (χ1) is 12.0. The standard InChI is InChI=1S/C21H32N2O2/c1-21(2)16(12-19(21)22-20(24)15-8-9-15)11-17-13-18(25-23-17)10-14-6-4-3-5-7-14/h13-16,19H,3-12H2,1-2H3,(H,22,24)/t16-,19+/m1/s1. The summed E-state index contributed by atoms with van der Waals surface area (Å²) >= 11 is 0. The summed E-state index contributed by atoms with van der Waals surface area (Å²) in [6.07, 6.45) is 12.1. The van der Waals surface area contributed by atoms with Crippen LogP contribution in [0.3, 0.4) is 0 Å². The Bertz CT molecular complexity index is 611. The van der Waals surface area contributed by atoms with Gasteiger partial charge in [0.1, 0.15) is 5.76 Å². The molecular weight excluding hydrogens is 312 g/mol. The average molecular weight is 344 g/mol. The number of nitrogens with zero attached hydrogens (tertiary/aromatic N) is 1. The Labute approximate surface area is 151 Å². The summed E-state index contributed by atoms with van der Waals surface area (Å²) in [5.74, 6) is 3.00. The van der Waals surface area contributed by atoms with Gasteiger partial charge in [0, 0.05) is 24.4 Å². The molecule has 1 N–H and O–H groups in total. The molecule has 0 saturated heterocycles. The summed E-state index contributed by atoms with van der Waals surface area (Å²) < 4.78 is 5.62. The van der Waals surface area contributed by atoms with Gasteiger partial charge in [-0.15, -0.1) is 0 Å². The molecule has 2 atom stereocenters. The number of amides is 1. The van der Waals surface area contributed by atoms with Crippen LogP contribution in [-0.2, 0) is 17.6 Å². The molecule has 1 aromatic heterocycles. The van der Waals surface area contributed by atoms with E-state index in [0.29, 0.717) is 17.9 Å². The molecule has 0 radical (unpaired) electrons. The second-order valence-electron chi connectivity index (χ2n) is 9.29. The van der Waals surface area contributed by atoms with Crippen molar-refractivity contribution >= 4 is 5.91 Å². The second-order valence-corrected chi connectivity index (χ2v) is 9.29. The van der Waals surface area contributed by atoms with Crippen LogP contribution in [0.5, 0.6) is 0 Å². The van der Waals surface area contributed by atoms with E-state index in [4.69, 9.17) is 4.52 Å². The van der Waals surface area contributed by atoms with Crippen molar-refractivity contribution in [1.29, 1.82) is 0 Å². The molecule has 3 aliphatic rings. The lowest BCUT2D eigenvalue weighted by atomic mass is 9.57. The molecule has 3 saturated carbocycles. The highest BCUT2D eigenvalue weighted by Gasteiger charge is 2.49. The molecule has 4 heteroatoms. The molecule has 4 rings (SSSR count). The fourth-order valence-corrected chi connectivity index (χ4v) is 4.72. The minimum absolute atomic E-state index is 0.146. The van der Waals surface area contributed by atoms with Gasteiger partial charge in [-0.2, -0.15) is 0 Å². The van der Waals surface area contributed by atoms with Crippen molar-refractivity contribution in [3.63, 3.8) is 0 Å². The summed E-state index contributed by atoms with van der Waals surface area (Å²) in [6.45, 7) is 4.56. The molecule has 1 heterocycles. The van der Waals surface area contributed by atoms with E-state index in [1.165, 1.54) is 32.1 Å². The van der Waals surface area contributed by atoms with Crippen LogP contribution >= 0.6 is 0 Å². The minimum atomic E-state index is 0.146. The van der Waals surface area contributed by atoms with Crippen molar-refractivity contribution in [1.82, 2.24) is 10.5 Å². The van der Waals surface area contributed by atoms with Gasteiger partial charge in [-0.3, -0.25) is 4.79 Å². The Morgan fingerprint density at radius 3 is 2.64 bits per heavy atom. The third-order valence-electron chi connectivity index (χ3n) is 7.01. The fraction of sp³-hybridized carbons (Fsp3) is 0.810. The van der Waals surface area contributed by atoms with E-state index >= 15 is 0 Å². The SMILES string of the molecule is CC1(C)[C@H](Cc2cc(CC3CCCCC3)on2)C[C@@H]1NC(=O)C1CC1. The third-order valence-corrected chi connectivity index (χ3v) is 7.01. The van der Waals surface area contributed by atoms with Gasteiger partial charge in [-0.25, -0.2) is 0 Å². The Morgan fingerprint density at radius 2 is 1.96 bits per heavy atom. The van der Waals surface area contributed by atoms with Gasteiger partial charge in [-0.05, 0) is 42.9 Å². The lowest BCUT2D eigenvalue weighted by Crippen LogP contribution is -2.59. The highest BCUT2D eigenvalue weighted by atomic mass is 16.5. The van der Waals surface area contributed by atoms with Crippen LogP contribution in [0, 0.1) is 23.2 Å². The molecule has 0 bridgehead atoms. The number of aromatic nitrogens is 1. The molecule has 3 fully saturated rings. The monoisotopic (exact) mass is 344 g/mol. The number of hydrogen-bond acceptors (Lipinski definition) is 3. The van der Waals surface area contributed by atoms with Crippen LogP contribution < -0.4 is 5.32 Å². The number of nitrogens with one attached hydrogen (secondary N) is 1. The highest BCUT2D eigenvalue weighted by molar-refractivity contribution is 5.81. The molecule has 0 aliphatic heterocycles. The van der Waals surface area contributed by atoms with Crippen molar-refractivity contribution in [3.8, 4) is 0 Å². The summed E-state index contributed by atoms with van der Waals surface area (Å²) in [4.78, 5) is 12.0. The number of hydrogen-bond donors (Lipinski definition) is 1. The van der Waals surface area contributed by atoms with Crippen molar-refractivity contribution < 1.29 is 9.32 Å². The van der Waals surface area contributed by atoms with Crippen molar-refractivity contribution in [2.24, 2.45) is 23.2 Å². The molecule has 138 valence electrons. The van der Waals surface area contributed by atoms with Crippen molar-refractivity contribution in [3.05, 3.63) is 17.5 Å². The van der Waals surface area contributed by atoms with Crippen molar-refractivity contribution in [2.45, 2.75) is 84.1 Å². The molecule has 25 heavy (non-hydrogen) atoms. The number of carbonyl (C=O) groups is 1. The summed E-state index contributed by atoms with van der Waals surface area (Å²) in [5, 5.41) is 7.59. The van der Waals surface area contributed by atoms with E-state index in [1.807, 2.05) is 0 Å². The van der Waals surface area contributed by atoms with Gasteiger partial charge < -0.3 is 9.84 Å². The zero-order valence-electron chi connectivity index (χ0n) is 15.7. The summed E-state index contributed by atoms with van der Waals surface area (Å²) in [6, 6.07) is 2.50. The van der Waals surface area contributed by atoms with E-state index in [1.54, 1.807) is 0 Å². The normalized spacial score (nSPS) is 29.2. The maximum atomic E-state index is 12.0. The van der Waals surface area contributed by atoms with Crippen LogP contribution in [-0.4, -0.2) is 17.1 Å². The maximum Gasteiger partial charge on any atom is 0.223 e. The molecule has 4 nitrogen and oxygen atoms in total. The minimum Gasteiger partial charge on any atom is -0.361 e. The fourth-order valence-electron chi connectivity index (χ4n) is 4.72. The second kappa shape index (κ2) is 6.77.